The molecule has 1 aromatic rings. The molecule has 120 valence electrons. The Hall–Kier alpha value is -1.55. The Bertz CT molecular complexity index is 524. The number of aryl methyl sites for hydroxylation is 1. The first kappa shape index (κ1) is 15.3. The van der Waals surface area contributed by atoms with Gasteiger partial charge in [-0.15, -0.1) is 0 Å². The van der Waals surface area contributed by atoms with Crippen LogP contribution in [0.4, 0.5) is 5.69 Å². The average molecular weight is 302 g/mol. The topological polar surface area (TPSA) is 32.8 Å². The smallest absolute Gasteiger partial charge is 0.227 e. The van der Waals surface area contributed by atoms with Crippen LogP contribution in [0.1, 0.15) is 38.2 Å². The van der Waals surface area contributed by atoms with Gasteiger partial charge in [0.1, 0.15) is 12.4 Å². The fraction of sp³-hybridized carbons (Fsp3) is 0.611. The zero-order valence-electron chi connectivity index (χ0n) is 13.5. The molecule has 22 heavy (non-hydrogen) atoms. The van der Waals surface area contributed by atoms with Crippen LogP contribution in [-0.2, 0) is 11.2 Å². The molecule has 4 heteroatoms. The molecule has 0 saturated carbocycles. The maximum atomic E-state index is 11.9. The third kappa shape index (κ3) is 3.43. The lowest BCUT2D eigenvalue weighted by Crippen LogP contribution is -2.25. The van der Waals surface area contributed by atoms with Crippen molar-refractivity contribution >= 4 is 11.6 Å². The minimum atomic E-state index is 0.241. The largest absolute Gasteiger partial charge is 0.492 e. The number of amides is 1. The average Bonchev–Trinajstić information content (AvgIpc) is 3.19. The molecule has 2 aliphatic heterocycles. The third-order valence-corrected chi connectivity index (χ3v) is 4.67. The van der Waals surface area contributed by atoms with Crippen molar-refractivity contribution in [3.8, 4) is 5.75 Å². The first-order valence-electron chi connectivity index (χ1n) is 8.56. The number of anilines is 1. The maximum absolute atomic E-state index is 11.9. The van der Waals surface area contributed by atoms with Crippen LogP contribution in [0, 0.1) is 0 Å². The summed E-state index contributed by atoms with van der Waals surface area (Å²) >= 11 is 0. The summed E-state index contributed by atoms with van der Waals surface area (Å²) in [6.07, 6.45) is 5.20. The number of likely N-dealkylation sites (tertiary alicyclic amines) is 1. The maximum Gasteiger partial charge on any atom is 0.227 e. The molecule has 1 aromatic carbocycles. The summed E-state index contributed by atoms with van der Waals surface area (Å²) in [6.45, 7) is 7.15. The number of benzene rings is 1. The Morgan fingerprint density at radius 1 is 1.14 bits per heavy atom. The Kier molecular flexibility index (Phi) is 4.98. The first-order chi connectivity index (χ1) is 10.8. The Morgan fingerprint density at radius 2 is 1.95 bits per heavy atom. The minimum absolute atomic E-state index is 0.241. The van der Waals surface area contributed by atoms with Crippen LogP contribution in [-0.4, -0.2) is 43.6 Å². The van der Waals surface area contributed by atoms with Gasteiger partial charge in [-0.3, -0.25) is 9.69 Å². The second-order valence-corrected chi connectivity index (χ2v) is 6.19. The quantitative estimate of drug-likeness (QED) is 0.810. The van der Waals surface area contributed by atoms with Crippen LogP contribution in [0.25, 0.3) is 0 Å². The lowest BCUT2D eigenvalue weighted by molar-refractivity contribution is -0.117. The van der Waals surface area contributed by atoms with Crippen molar-refractivity contribution in [1.82, 2.24) is 4.90 Å². The molecule has 0 atom stereocenters. The van der Waals surface area contributed by atoms with Crippen molar-refractivity contribution in [2.75, 3.05) is 37.7 Å². The van der Waals surface area contributed by atoms with Gasteiger partial charge in [0, 0.05) is 25.2 Å². The molecule has 1 amide bonds. The standard InChI is InChI=1S/C18H26N2O2/c1-2-15-14-16(20-11-5-6-18(20)21)7-8-17(15)22-13-12-19-9-3-4-10-19/h7-8,14H,2-6,9-13H2,1H3. The van der Waals surface area contributed by atoms with Gasteiger partial charge >= 0.3 is 0 Å². The normalized spacial score (nSPS) is 19.1. The number of ether oxygens (including phenoxy) is 1. The lowest BCUT2D eigenvalue weighted by Gasteiger charge is -2.19. The molecule has 2 saturated heterocycles. The van der Waals surface area contributed by atoms with Crippen molar-refractivity contribution in [3.63, 3.8) is 0 Å². The minimum Gasteiger partial charge on any atom is -0.492 e. The summed E-state index contributed by atoms with van der Waals surface area (Å²) in [5.41, 5.74) is 2.21. The molecule has 0 N–H and O–H groups in total. The van der Waals surface area contributed by atoms with E-state index in [4.69, 9.17) is 4.74 Å². The van der Waals surface area contributed by atoms with Crippen LogP contribution >= 0.6 is 0 Å². The van der Waals surface area contributed by atoms with E-state index in [2.05, 4.69) is 17.9 Å². The van der Waals surface area contributed by atoms with Gasteiger partial charge < -0.3 is 9.64 Å². The Balaban J connectivity index is 1.62. The molecule has 2 fully saturated rings. The number of carbonyl (C=O) groups is 1. The van der Waals surface area contributed by atoms with Crippen molar-refractivity contribution in [2.45, 2.75) is 39.0 Å². The lowest BCUT2D eigenvalue weighted by atomic mass is 10.1. The number of hydrogen-bond acceptors (Lipinski definition) is 3. The van der Waals surface area contributed by atoms with Crippen molar-refractivity contribution in [2.24, 2.45) is 0 Å². The second-order valence-electron chi connectivity index (χ2n) is 6.19. The molecule has 0 unspecified atom stereocenters. The highest BCUT2D eigenvalue weighted by Gasteiger charge is 2.22. The molecular weight excluding hydrogens is 276 g/mol. The Morgan fingerprint density at radius 3 is 2.64 bits per heavy atom. The molecule has 0 aromatic heterocycles. The van der Waals surface area contributed by atoms with Gasteiger partial charge in [-0.1, -0.05) is 6.92 Å². The summed E-state index contributed by atoms with van der Waals surface area (Å²) in [6, 6.07) is 6.17. The van der Waals surface area contributed by atoms with Gasteiger partial charge in [0.15, 0.2) is 0 Å². The third-order valence-electron chi connectivity index (χ3n) is 4.67. The van der Waals surface area contributed by atoms with E-state index in [1.165, 1.54) is 31.5 Å². The first-order valence-corrected chi connectivity index (χ1v) is 8.56. The Labute approximate surface area is 133 Å². The molecular formula is C18H26N2O2. The summed E-state index contributed by atoms with van der Waals surface area (Å²) in [4.78, 5) is 16.2. The molecule has 0 spiro atoms. The summed E-state index contributed by atoms with van der Waals surface area (Å²) in [7, 11) is 0. The number of nitrogens with zero attached hydrogens (tertiary/aromatic N) is 2. The van der Waals surface area contributed by atoms with Gasteiger partial charge in [0.25, 0.3) is 0 Å². The number of rotatable bonds is 6. The van der Waals surface area contributed by atoms with E-state index in [9.17, 15) is 4.79 Å². The van der Waals surface area contributed by atoms with Gasteiger partial charge in [-0.05, 0) is 62.5 Å². The monoisotopic (exact) mass is 302 g/mol. The van der Waals surface area contributed by atoms with Crippen molar-refractivity contribution < 1.29 is 9.53 Å². The molecule has 4 nitrogen and oxygen atoms in total. The highest BCUT2D eigenvalue weighted by molar-refractivity contribution is 5.95. The predicted octanol–water partition coefficient (Wildman–Crippen LogP) is 2.85. The van der Waals surface area contributed by atoms with Crippen molar-refractivity contribution in [1.29, 1.82) is 0 Å². The van der Waals surface area contributed by atoms with Gasteiger partial charge in [0.2, 0.25) is 5.91 Å². The van der Waals surface area contributed by atoms with E-state index in [1.54, 1.807) is 0 Å². The fourth-order valence-electron chi connectivity index (χ4n) is 3.36. The predicted molar refractivity (Wildman–Crippen MR) is 88.6 cm³/mol. The molecule has 2 heterocycles. The zero-order valence-corrected chi connectivity index (χ0v) is 13.5. The number of hydrogen-bond donors (Lipinski definition) is 0. The van der Waals surface area contributed by atoms with Crippen LogP contribution in [0.5, 0.6) is 5.75 Å². The van der Waals surface area contributed by atoms with Crippen LogP contribution in [0.2, 0.25) is 0 Å². The SMILES string of the molecule is CCc1cc(N2CCCC2=O)ccc1OCCN1CCCC1. The van der Waals surface area contributed by atoms with Crippen LogP contribution in [0.15, 0.2) is 18.2 Å². The molecule has 0 bridgehead atoms. The van der Waals surface area contributed by atoms with E-state index in [0.717, 1.165) is 44.0 Å². The fourth-order valence-corrected chi connectivity index (χ4v) is 3.36. The molecule has 2 aliphatic rings. The van der Waals surface area contributed by atoms with Gasteiger partial charge in [-0.25, -0.2) is 0 Å². The number of carbonyl (C=O) groups excluding carboxylic acids is 1. The van der Waals surface area contributed by atoms with E-state index in [0.29, 0.717) is 6.42 Å². The summed E-state index contributed by atoms with van der Waals surface area (Å²) in [5, 5.41) is 0. The van der Waals surface area contributed by atoms with Crippen LogP contribution < -0.4 is 9.64 Å². The summed E-state index contributed by atoms with van der Waals surface area (Å²) in [5.74, 6) is 1.21. The van der Waals surface area contributed by atoms with E-state index < -0.39 is 0 Å². The van der Waals surface area contributed by atoms with E-state index in [1.807, 2.05) is 17.0 Å². The zero-order chi connectivity index (χ0) is 15.4. The molecule has 0 aliphatic carbocycles. The van der Waals surface area contributed by atoms with Crippen molar-refractivity contribution in [3.05, 3.63) is 23.8 Å². The van der Waals surface area contributed by atoms with Gasteiger partial charge in [0.05, 0.1) is 0 Å². The second kappa shape index (κ2) is 7.14. The highest BCUT2D eigenvalue weighted by atomic mass is 16.5. The summed E-state index contributed by atoms with van der Waals surface area (Å²) < 4.78 is 5.99. The van der Waals surface area contributed by atoms with Gasteiger partial charge in [-0.2, -0.15) is 0 Å². The van der Waals surface area contributed by atoms with Crippen LogP contribution in [0.3, 0.4) is 0 Å². The van der Waals surface area contributed by atoms with E-state index in [-0.39, 0.29) is 5.91 Å². The molecule has 0 radical (unpaired) electrons. The molecule has 3 rings (SSSR count). The highest BCUT2D eigenvalue weighted by Crippen LogP contribution is 2.28. The van der Waals surface area contributed by atoms with E-state index >= 15 is 0 Å².